The van der Waals surface area contributed by atoms with E-state index in [0.29, 0.717) is 13.1 Å². The van der Waals surface area contributed by atoms with E-state index in [1.807, 2.05) is 30.6 Å². The lowest BCUT2D eigenvalue weighted by molar-refractivity contribution is 0.108. The van der Waals surface area contributed by atoms with E-state index in [9.17, 15) is 4.79 Å². The number of nitrogens with two attached hydrogens (primary N) is 1. The molecule has 0 bridgehead atoms. The summed E-state index contributed by atoms with van der Waals surface area (Å²) in [5.41, 5.74) is 5.60. The van der Waals surface area contributed by atoms with Crippen LogP contribution >= 0.6 is 0 Å². The Balaban J connectivity index is 2.51. The molecule has 0 spiro atoms. The third-order valence-electron chi connectivity index (χ3n) is 3.71. The predicted octanol–water partition coefficient (Wildman–Crippen LogP) is 0.201. The molecule has 3 N–H and O–H groups in total. The van der Waals surface area contributed by atoms with Crippen molar-refractivity contribution in [1.82, 2.24) is 14.7 Å². The average Bonchev–Trinajstić information content (AvgIpc) is 2.47. The van der Waals surface area contributed by atoms with Crippen LogP contribution in [0.2, 0.25) is 0 Å². The van der Waals surface area contributed by atoms with Crippen molar-refractivity contribution < 1.29 is 10.0 Å². The molecular weight excluding hydrogens is 246 g/mol. The number of carbonyl (C=O) groups is 1. The van der Waals surface area contributed by atoms with Crippen molar-refractivity contribution in [2.45, 2.75) is 26.8 Å². The van der Waals surface area contributed by atoms with Crippen LogP contribution in [0.1, 0.15) is 20.8 Å². The minimum atomic E-state index is -0.101. The highest BCUT2D eigenvalue weighted by Crippen LogP contribution is 2.09. The zero-order valence-electron chi connectivity index (χ0n) is 12.0. The normalized spacial score (nSPS) is 19.3. The van der Waals surface area contributed by atoms with Crippen molar-refractivity contribution in [3.63, 3.8) is 0 Å². The van der Waals surface area contributed by atoms with Gasteiger partial charge in [0.05, 0.1) is 6.04 Å². The Morgan fingerprint density at radius 3 is 2.26 bits per heavy atom. The summed E-state index contributed by atoms with van der Waals surface area (Å²) in [7, 11) is 0. The van der Waals surface area contributed by atoms with Gasteiger partial charge in [0.25, 0.3) is 0 Å². The fraction of sp³-hybridized carbons (Fsp3) is 0.833. The maximum Gasteiger partial charge on any atom is 0.320 e. The van der Waals surface area contributed by atoms with Crippen molar-refractivity contribution in [2.75, 3.05) is 39.3 Å². The third kappa shape index (κ3) is 3.73. The molecule has 7 heteroatoms. The highest BCUT2D eigenvalue weighted by molar-refractivity contribution is 5.84. The second kappa shape index (κ2) is 7.18. The molecule has 0 aromatic carbocycles. The summed E-state index contributed by atoms with van der Waals surface area (Å²) < 4.78 is 0. The van der Waals surface area contributed by atoms with Crippen LogP contribution in [0.15, 0.2) is 5.16 Å². The Morgan fingerprint density at radius 2 is 1.84 bits per heavy atom. The van der Waals surface area contributed by atoms with Crippen LogP contribution in [0.3, 0.4) is 0 Å². The number of amides is 2. The third-order valence-corrected chi connectivity index (χ3v) is 3.71. The Kier molecular flexibility index (Phi) is 5.88. The van der Waals surface area contributed by atoms with Crippen molar-refractivity contribution in [2.24, 2.45) is 10.9 Å². The summed E-state index contributed by atoms with van der Waals surface area (Å²) in [4.78, 5) is 18.0. The number of rotatable bonds is 4. The average molecular weight is 271 g/mol. The lowest BCUT2D eigenvalue weighted by atomic mass is 10.2. The molecular formula is C12H25N5O2. The van der Waals surface area contributed by atoms with E-state index in [-0.39, 0.29) is 17.9 Å². The van der Waals surface area contributed by atoms with E-state index in [4.69, 9.17) is 10.9 Å². The molecule has 1 fully saturated rings. The monoisotopic (exact) mass is 271 g/mol. The largest absolute Gasteiger partial charge is 0.409 e. The van der Waals surface area contributed by atoms with Gasteiger partial charge in [0.15, 0.2) is 5.84 Å². The summed E-state index contributed by atoms with van der Waals surface area (Å²) in [6, 6.07) is -0.00296. The molecule has 1 aliphatic rings. The Morgan fingerprint density at radius 1 is 1.32 bits per heavy atom. The molecule has 1 unspecified atom stereocenters. The van der Waals surface area contributed by atoms with Crippen LogP contribution in [0.25, 0.3) is 0 Å². The van der Waals surface area contributed by atoms with Crippen LogP contribution in [-0.4, -0.2) is 77.1 Å². The van der Waals surface area contributed by atoms with E-state index in [0.717, 1.165) is 26.2 Å². The van der Waals surface area contributed by atoms with Crippen LogP contribution in [-0.2, 0) is 0 Å². The van der Waals surface area contributed by atoms with E-state index in [1.165, 1.54) is 0 Å². The number of amidine groups is 1. The quantitative estimate of drug-likeness (QED) is 0.331. The standard InChI is InChI=1S/C12H25N5O2/c1-4-15(5-2)12(18)17-8-6-16(7-9-17)10(3)11(13)14-19/h10,19H,4-9H2,1-3H3,(H2,13,14). The van der Waals surface area contributed by atoms with Crippen molar-refractivity contribution in [1.29, 1.82) is 0 Å². The number of hydrogen-bond donors (Lipinski definition) is 2. The fourth-order valence-corrected chi connectivity index (χ4v) is 2.27. The van der Waals surface area contributed by atoms with Gasteiger partial charge in [0.2, 0.25) is 0 Å². The molecule has 0 aromatic rings. The number of piperazine rings is 1. The SMILES string of the molecule is CCN(CC)C(=O)N1CCN(C(C)C(N)=NO)CC1. The Labute approximate surface area is 114 Å². The summed E-state index contributed by atoms with van der Waals surface area (Å²) >= 11 is 0. The summed E-state index contributed by atoms with van der Waals surface area (Å²) in [5, 5.41) is 11.7. The first-order valence-corrected chi connectivity index (χ1v) is 6.80. The number of nitrogens with zero attached hydrogens (tertiary/aromatic N) is 4. The molecule has 110 valence electrons. The predicted molar refractivity (Wildman–Crippen MR) is 74.3 cm³/mol. The van der Waals surface area contributed by atoms with Gasteiger partial charge in [-0.15, -0.1) is 0 Å². The molecule has 1 atom stereocenters. The first-order valence-electron chi connectivity index (χ1n) is 6.80. The maximum atomic E-state index is 12.2. The molecule has 19 heavy (non-hydrogen) atoms. The number of carbonyl (C=O) groups excluding carboxylic acids is 1. The lowest BCUT2D eigenvalue weighted by Gasteiger charge is -2.39. The Hall–Kier alpha value is -1.50. The van der Waals surface area contributed by atoms with E-state index < -0.39 is 0 Å². The van der Waals surface area contributed by atoms with Crippen LogP contribution in [0.5, 0.6) is 0 Å². The van der Waals surface area contributed by atoms with Gasteiger partial charge in [0, 0.05) is 39.3 Å². The second-order valence-electron chi connectivity index (χ2n) is 4.68. The molecule has 1 rings (SSSR count). The van der Waals surface area contributed by atoms with E-state index >= 15 is 0 Å². The van der Waals surface area contributed by atoms with Crippen molar-refractivity contribution >= 4 is 11.9 Å². The summed E-state index contributed by atoms with van der Waals surface area (Å²) in [6.07, 6.45) is 0. The lowest BCUT2D eigenvalue weighted by Crippen LogP contribution is -2.56. The molecule has 1 aliphatic heterocycles. The number of urea groups is 1. The minimum absolute atomic E-state index is 0.0982. The first-order chi connectivity index (χ1) is 9.04. The van der Waals surface area contributed by atoms with Gasteiger partial charge in [-0.1, -0.05) is 5.16 Å². The fourth-order valence-electron chi connectivity index (χ4n) is 2.27. The first kappa shape index (κ1) is 15.6. The van der Waals surface area contributed by atoms with Gasteiger partial charge in [-0.2, -0.15) is 0 Å². The van der Waals surface area contributed by atoms with Crippen LogP contribution < -0.4 is 5.73 Å². The zero-order chi connectivity index (χ0) is 14.4. The van der Waals surface area contributed by atoms with E-state index in [2.05, 4.69) is 10.1 Å². The topological polar surface area (TPSA) is 85.4 Å². The number of oxime groups is 1. The molecule has 0 aliphatic carbocycles. The van der Waals surface area contributed by atoms with Crippen LogP contribution in [0.4, 0.5) is 4.79 Å². The van der Waals surface area contributed by atoms with E-state index in [1.54, 1.807) is 0 Å². The molecule has 0 saturated carbocycles. The van der Waals surface area contributed by atoms with Gasteiger partial charge >= 0.3 is 6.03 Å². The van der Waals surface area contributed by atoms with Gasteiger partial charge in [-0.3, -0.25) is 4.90 Å². The second-order valence-corrected chi connectivity index (χ2v) is 4.68. The smallest absolute Gasteiger partial charge is 0.320 e. The molecule has 2 amide bonds. The Bertz CT molecular complexity index is 322. The van der Waals surface area contributed by atoms with Gasteiger partial charge in [-0.25, -0.2) is 4.79 Å². The van der Waals surface area contributed by atoms with Gasteiger partial charge in [0.1, 0.15) is 0 Å². The summed E-state index contributed by atoms with van der Waals surface area (Å²) in [6.45, 7) is 10.2. The number of hydrogen-bond acceptors (Lipinski definition) is 4. The molecule has 1 saturated heterocycles. The molecule has 7 nitrogen and oxygen atoms in total. The highest BCUT2D eigenvalue weighted by atomic mass is 16.4. The summed E-state index contributed by atoms with van der Waals surface area (Å²) in [5.74, 6) is 0.212. The molecule has 0 aromatic heterocycles. The van der Waals surface area contributed by atoms with Crippen LogP contribution in [0, 0.1) is 0 Å². The highest BCUT2D eigenvalue weighted by Gasteiger charge is 2.27. The maximum absolute atomic E-state index is 12.2. The zero-order valence-corrected chi connectivity index (χ0v) is 12.0. The van der Waals surface area contributed by atoms with Gasteiger partial charge in [-0.05, 0) is 20.8 Å². The molecule has 1 heterocycles. The van der Waals surface area contributed by atoms with Crippen molar-refractivity contribution in [3.8, 4) is 0 Å². The minimum Gasteiger partial charge on any atom is -0.409 e. The van der Waals surface area contributed by atoms with Gasteiger partial charge < -0.3 is 20.7 Å². The van der Waals surface area contributed by atoms with Crippen molar-refractivity contribution in [3.05, 3.63) is 0 Å². The molecule has 0 radical (unpaired) electrons.